The lowest BCUT2D eigenvalue weighted by molar-refractivity contribution is 0.0704. The number of carbonyl (C=O) groups excluding carboxylic acids is 3. The van der Waals surface area contributed by atoms with Gasteiger partial charge in [-0.05, 0) is 12.8 Å². The molecule has 1 unspecified atom stereocenters. The molecular formula is C22H18N2O6. The van der Waals surface area contributed by atoms with Crippen LogP contribution in [0.4, 0.5) is 0 Å². The molecule has 1 amide bonds. The van der Waals surface area contributed by atoms with Crippen molar-refractivity contribution in [3.05, 3.63) is 58.5 Å². The molecule has 5 rings (SSSR count). The Morgan fingerprint density at radius 3 is 2.30 bits per heavy atom. The molecule has 1 aliphatic heterocycles. The fourth-order valence-corrected chi connectivity index (χ4v) is 4.36. The van der Waals surface area contributed by atoms with Crippen LogP contribution in [0, 0.1) is 0 Å². The van der Waals surface area contributed by atoms with Gasteiger partial charge in [0.15, 0.2) is 5.76 Å². The van der Waals surface area contributed by atoms with Gasteiger partial charge in [-0.3, -0.25) is 14.4 Å². The first-order valence-electron chi connectivity index (χ1n) is 9.62. The van der Waals surface area contributed by atoms with Gasteiger partial charge in [0.2, 0.25) is 11.6 Å². The van der Waals surface area contributed by atoms with E-state index in [2.05, 4.69) is 0 Å². The number of likely N-dealkylation sites (tertiary alicyclic amines) is 1. The van der Waals surface area contributed by atoms with E-state index in [0.717, 1.165) is 19.1 Å². The summed E-state index contributed by atoms with van der Waals surface area (Å²) in [6, 6.07) is 6.20. The predicted octanol–water partition coefficient (Wildman–Crippen LogP) is 2.18. The number of piperidine rings is 1. The Labute approximate surface area is 170 Å². The van der Waals surface area contributed by atoms with Gasteiger partial charge in [-0.25, -0.2) is 0 Å². The molecule has 2 heterocycles. The zero-order valence-electron chi connectivity index (χ0n) is 15.8. The molecule has 2 aliphatic rings. The predicted molar refractivity (Wildman–Crippen MR) is 106 cm³/mol. The number of rotatable bonds is 1. The van der Waals surface area contributed by atoms with E-state index in [0.29, 0.717) is 13.1 Å². The fourth-order valence-electron chi connectivity index (χ4n) is 4.36. The van der Waals surface area contributed by atoms with Gasteiger partial charge in [-0.2, -0.15) is 0 Å². The molecule has 1 fully saturated rings. The summed E-state index contributed by atoms with van der Waals surface area (Å²) >= 11 is 0. The fraction of sp³-hybridized carbons (Fsp3) is 0.227. The molecule has 0 spiro atoms. The molecule has 8 nitrogen and oxygen atoms in total. The van der Waals surface area contributed by atoms with Gasteiger partial charge in [0.25, 0.3) is 5.91 Å². The molecule has 30 heavy (non-hydrogen) atoms. The van der Waals surface area contributed by atoms with Crippen LogP contribution < -0.4 is 5.73 Å². The Balaban J connectivity index is 1.68. The Morgan fingerprint density at radius 2 is 1.67 bits per heavy atom. The molecule has 4 N–H and O–H groups in total. The normalized spacial score (nSPS) is 18.4. The Hall–Kier alpha value is -3.65. The third kappa shape index (κ3) is 2.40. The maximum atomic E-state index is 13.3. The number of ketones is 2. The summed E-state index contributed by atoms with van der Waals surface area (Å²) in [6.07, 6.45) is 2.63. The summed E-state index contributed by atoms with van der Waals surface area (Å²) in [5, 5.41) is 21.9. The van der Waals surface area contributed by atoms with Crippen LogP contribution in [-0.4, -0.2) is 51.7 Å². The average molecular weight is 406 g/mol. The maximum Gasteiger partial charge on any atom is 0.257 e. The minimum atomic E-state index is -0.757. The number of nitrogens with zero attached hydrogens (tertiary/aromatic N) is 1. The molecule has 8 heteroatoms. The molecule has 0 saturated carbocycles. The second-order valence-corrected chi connectivity index (χ2v) is 7.66. The molecule has 3 aromatic rings. The van der Waals surface area contributed by atoms with E-state index in [9.17, 15) is 24.6 Å². The number of carbonyl (C=O) groups is 3. The molecular weight excluding hydrogens is 388 g/mol. The molecule has 1 aliphatic carbocycles. The summed E-state index contributed by atoms with van der Waals surface area (Å²) in [6.45, 7) is 0.829. The number of furan rings is 1. The lowest BCUT2D eigenvalue weighted by Gasteiger charge is -2.30. The first kappa shape index (κ1) is 18.4. The van der Waals surface area contributed by atoms with E-state index >= 15 is 0 Å². The van der Waals surface area contributed by atoms with Crippen molar-refractivity contribution >= 4 is 28.2 Å². The number of fused-ring (bicyclic) bond motifs is 3. The van der Waals surface area contributed by atoms with E-state index in [4.69, 9.17) is 10.2 Å². The molecule has 1 saturated heterocycles. The number of phenolic OH excluding ortho intramolecular Hbond substituents is 2. The van der Waals surface area contributed by atoms with E-state index in [1.807, 2.05) is 0 Å². The van der Waals surface area contributed by atoms with Crippen molar-refractivity contribution in [1.29, 1.82) is 0 Å². The van der Waals surface area contributed by atoms with Gasteiger partial charge < -0.3 is 25.3 Å². The number of nitrogens with two attached hydrogens (primary N) is 1. The molecule has 0 radical (unpaired) electrons. The van der Waals surface area contributed by atoms with Crippen LogP contribution in [0.1, 0.15) is 55.2 Å². The van der Waals surface area contributed by atoms with Crippen LogP contribution in [0.5, 0.6) is 11.5 Å². The van der Waals surface area contributed by atoms with E-state index in [1.54, 1.807) is 12.1 Å². The van der Waals surface area contributed by atoms with Gasteiger partial charge >= 0.3 is 0 Å². The standard InChI is InChI=1S/C22H18N2O6/c23-10-4-3-7-24(8-10)22(29)13-9-30-21-14(13)19(27)15-16(20(21)28)18(26)12-6-2-1-5-11(12)17(15)25/h1-2,5-6,9-10,25-26H,3-4,7-8,23H2. The number of hydrogen-bond acceptors (Lipinski definition) is 7. The highest BCUT2D eigenvalue weighted by Crippen LogP contribution is 2.45. The molecule has 2 aromatic carbocycles. The van der Waals surface area contributed by atoms with E-state index in [-0.39, 0.29) is 44.8 Å². The quantitative estimate of drug-likeness (QED) is 0.413. The lowest BCUT2D eigenvalue weighted by atomic mass is 9.83. The monoisotopic (exact) mass is 406 g/mol. The molecule has 1 atom stereocenters. The molecule has 152 valence electrons. The maximum absolute atomic E-state index is 13.3. The van der Waals surface area contributed by atoms with Gasteiger partial charge in [-0.1, -0.05) is 24.3 Å². The summed E-state index contributed by atoms with van der Waals surface area (Å²) in [5.74, 6) is -3.09. The van der Waals surface area contributed by atoms with Crippen LogP contribution in [0.2, 0.25) is 0 Å². The van der Waals surface area contributed by atoms with Crippen LogP contribution >= 0.6 is 0 Å². The van der Waals surface area contributed by atoms with Crippen molar-refractivity contribution < 1.29 is 29.0 Å². The zero-order valence-corrected chi connectivity index (χ0v) is 15.8. The Bertz CT molecular complexity index is 1260. The van der Waals surface area contributed by atoms with Gasteiger partial charge in [0.05, 0.1) is 22.3 Å². The second kappa shape index (κ2) is 6.43. The number of benzene rings is 2. The van der Waals surface area contributed by atoms with Crippen molar-refractivity contribution in [1.82, 2.24) is 4.90 Å². The van der Waals surface area contributed by atoms with Gasteiger partial charge in [0.1, 0.15) is 17.8 Å². The summed E-state index contributed by atoms with van der Waals surface area (Å²) in [5.41, 5.74) is 5.07. The summed E-state index contributed by atoms with van der Waals surface area (Å²) in [4.78, 5) is 41.0. The van der Waals surface area contributed by atoms with Gasteiger partial charge in [0, 0.05) is 29.9 Å². The highest BCUT2D eigenvalue weighted by Gasteiger charge is 2.42. The summed E-state index contributed by atoms with van der Waals surface area (Å²) in [7, 11) is 0. The highest BCUT2D eigenvalue weighted by molar-refractivity contribution is 6.33. The SMILES string of the molecule is NC1CCCN(C(=O)c2coc3c2C(=O)c2c(c(O)c4ccccc4c2O)C3=O)C1. The van der Waals surface area contributed by atoms with Crippen molar-refractivity contribution in [2.75, 3.05) is 13.1 Å². The minimum Gasteiger partial charge on any atom is -0.506 e. The zero-order chi connectivity index (χ0) is 21.2. The van der Waals surface area contributed by atoms with Crippen molar-refractivity contribution in [2.45, 2.75) is 18.9 Å². The van der Waals surface area contributed by atoms with E-state index in [1.165, 1.54) is 17.0 Å². The molecule has 1 aromatic heterocycles. The lowest BCUT2D eigenvalue weighted by Crippen LogP contribution is -2.46. The average Bonchev–Trinajstić information content (AvgIpc) is 3.20. The second-order valence-electron chi connectivity index (χ2n) is 7.66. The third-order valence-electron chi connectivity index (χ3n) is 5.81. The van der Waals surface area contributed by atoms with Crippen molar-refractivity contribution in [3.8, 4) is 11.5 Å². The van der Waals surface area contributed by atoms with Crippen molar-refractivity contribution in [3.63, 3.8) is 0 Å². The number of hydrogen-bond donors (Lipinski definition) is 3. The van der Waals surface area contributed by atoms with E-state index < -0.39 is 29.0 Å². The summed E-state index contributed by atoms with van der Waals surface area (Å²) < 4.78 is 5.33. The van der Waals surface area contributed by atoms with Crippen LogP contribution in [-0.2, 0) is 0 Å². The topological polar surface area (TPSA) is 134 Å². The Kier molecular flexibility index (Phi) is 3.94. The number of amides is 1. The Morgan fingerprint density at radius 1 is 1.03 bits per heavy atom. The third-order valence-corrected chi connectivity index (χ3v) is 5.81. The van der Waals surface area contributed by atoms with Crippen LogP contribution in [0.15, 0.2) is 34.9 Å². The van der Waals surface area contributed by atoms with Crippen LogP contribution in [0.3, 0.4) is 0 Å². The minimum absolute atomic E-state index is 0.0462. The largest absolute Gasteiger partial charge is 0.506 e. The van der Waals surface area contributed by atoms with Crippen molar-refractivity contribution in [2.24, 2.45) is 5.73 Å². The molecule has 0 bridgehead atoms. The highest BCUT2D eigenvalue weighted by atomic mass is 16.3. The van der Waals surface area contributed by atoms with Gasteiger partial charge in [-0.15, -0.1) is 0 Å². The smallest absolute Gasteiger partial charge is 0.257 e. The number of phenols is 2. The first-order valence-corrected chi connectivity index (χ1v) is 9.62. The number of aromatic hydroxyl groups is 2. The van der Waals surface area contributed by atoms with Crippen LogP contribution in [0.25, 0.3) is 10.8 Å². The first-order chi connectivity index (χ1) is 14.4.